The van der Waals surface area contributed by atoms with E-state index in [0.29, 0.717) is 6.54 Å². The second kappa shape index (κ2) is 5.13. The Kier molecular flexibility index (Phi) is 3.34. The SMILES string of the molecule is O=C(NCCc1nccs1)C1(c2ccccc2)CC1. The van der Waals surface area contributed by atoms with E-state index in [1.165, 1.54) is 0 Å². The first-order chi connectivity index (χ1) is 9.31. The summed E-state index contributed by atoms with van der Waals surface area (Å²) in [4.78, 5) is 16.5. The van der Waals surface area contributed by atoms with Gasteiger partial charge < -0.3 is 5.32 Å². The molecule has 2 aromatic rings. The monoisotopic (exact) mass is 272 g/mol. The van der Waals surface area contributed by atoms with Gasteiger partial charge in [-0.25, -0.2) is 4.98 Å². The average molecular weight is 272 g/mol. The minimum absolute atomic E-state index is 0.162. The van der Waals surface area contributed by atoms with Crippen LogP contribution in [0.3, 0.4) is 0 Å². The van der Waals surface area contributed by atoms with Gasteiger partial charge in [-0.2, -0.15) is 0 Å². The van der Waals surface area contributed by atoms with Crippen LogP contribution in [0.1, 0.15) is 23.4 Å². The third-order valence-corrected chi connectivity index (χ3v) is 4.46. The molecule has 3 rings (SSSR count). The molecular weight excluding hydrogens is 256 g/mol. The summed E-state index contributed by atoms with van der Waals surface area (Å²) in [7, 11) is 0. The Morgan fingerprint density at radius 2 is 2.11 bits per heavy atom. The highest BCUT2D eigenvalue weighted by atomic mass is 32.1. The summed E-state index contributed by atoms with van der Waals surface area (Å²) in [6.45, 7) is 0.668. The number of nitrogens with one attached hydrogen (secondary N) is 1. The van der Waals surface area contributed by atoms with E-state index in [-0.39, 0.29) is 11.3 Å². The van der Waals surface area contributed by atoms with Crippen LogP contribution in [-0.4, -0.2) is 17.4 Å². The quantitative estimate of drug-likeness (QED) is 0.909. The molecule has 1 fully saturated rings. The number of amides is 1. The van der Waals surface area contributed by atoms with Crippen LogP contribution < -0.4 is 5.32 Å². The molecule has 0 unspecified atom stereocenters. The Hall–Kier alpha value is -1.68. The van der Waals surface area contributed by atoms with Crippen molar-refractivity contribution in [2.24, 2.45) is 0 Å². The van der Waals surface area contributed by atoms with Gasteiger partial charge in [0.05, 0.1) is 10.4 Å². The summed E-state index contributed by atoms with van der Waals surface area (Å²) in [5, 5.41) is 6.09. The minimum Gasteiger partial charge on any atom is -0.355 e. The first kappa shape index (κ1) is 12.4. The molecule has 19 heavy (non-hydrogen) atoms. The predicted octanol–water partition coefficient (Wildman–Crippen LogP) is 2.53. The zero-order valence-electron chi connectivity index (χ0n) is 10.6. The van der Waals surface area contributed by atoms with Crippen molar-refractivity contribution >= 4 is 17.2 Å². The number of hydrogen-bond donors (Lipinski definition) is 1. The van der Waals surface area contributed by atoms with Crippen LogP contribution in [0, 0.1) is 0 Å². The van der Waals surface area contributed by atoms with Crippen molar-refractivity contribution in [3.8, 4) is 0 Å². The number of hydrogen-bond acceptors (Lipinski definition) is 3. The van der Waals surface area contributed by atoms with Gasteiger partial charge in [0.2, 0.25) is 5.91 Å². The topological polar surface area (TPSA) is 42.0 Å². The third kappa shape index (κ3) is 2.54. The number of carbonyl (C=O) groups excluding carboxylic acids is 1. The lowest BCUT2D eigenvalue weighted by molar-refractivity contribution is -0.123. The maximum absolute atomic E-state index is 12.3. The highest BCUT2D eigenvalue weighted by Gasteiger charge is 2.50. The Bertz CT molecular complexity index is 547. The summed E-state index contributed by atoms with van der Waals surface area (Å²) in [6, 6.07) is 10.1. The number of nitrogens with zero attached hydrogens (tertiary/aromatic N) is 1. The van der Waals surface area contributed by atoms with Crippen LogP contribution in [0.2, 0.25) is 0 Å². The normalized spacial score (nSPS) is 16.0. The van der Waals surface area contributed by atoms with Gasteiger partial charge in [0.25, 0.3) is 0 Å². The number of aromatic nitrogens is 1. The van der Waals surface area contributed by atoms with Crippen LogP contribution in [0.25, 0.3) is 0 Å². The van der Waals surface area contributed by atoms with E-state index in [9.17, 15) is 4.79 Å². The van der Waals surface area contributed by atoms with Gasteiger partial charge >= 0.3 is 0 Å². The first-order valence-corrected chi connectivity index (χ1v) is 7.41. The van der Waals surface area contributed by atoms with Crippen LogP contribution in [0.4, 0.5) is 0 Å². The van der Waals surface area contributed by atoms with Crippen molar-refractivity contribution in [3.05, 3.63) is 52.5 Å². The summed E-state index contributed by atoms with van der Waals surface area (Å²) in [5.41, 5.74) is 0.881. The maximum Gasteiger partial charge on any atom is 0.230 e. The summed E-state index contributed by atoms with van der Waals surface area (Å²) >= 11 is 1.63. The Labute approximate surface area is 116 Å². The van der Waals surface area contributed by atoms with Crippen LogP contribution in [0.15, 0.2) is 41.9 Å². The molecule has 1 saturated carbocycles. The van der Waals surface area contributed by atoms with Gasteiger partial charge in [-0.15, -0.1) is 11.3 Å². The molecule has 1 amide bonds. The lowest BCUT2D eigenvalue weighted by Gasteiger charge is -2.15. The zero-order valence-corrected chi connectivity index (χ0v) is 11.5. The summed E-state index contributed by atoms with van der Waals surface area (Å²) in [6.07, 6.45) is 4.53. The average Bonchev–Trinajstić information content (AvgIpc) is 3.11. The minimum atomic E-state index is -0.260. The van der Waals surface area contributed by atoms with Crippen molar-refractivity contribution in [3.63, 3.8) is 0 Å². The molecule has 0 saturated heterocycles. The van der Waals surface area contributed by atoms with E-state index < -0.39 is 0 Å². The lowest BCUT2D eigenvalue weighted by Crippen LogP contribution is -2.35. The van der Waals surface area contributed by atoms with E-state index in [1.807, 2.05) is 35.7 Å². The van der Waals surface area contributed by atoms with Crippen molar-refractivity contribution in [2.75, 3.05) is 6.54 Å². The third-order valence-electron chi connectivity index (χ3n) is 3.62. The predicted molar refractivity (Wildman–Crippen MR) is 76.2 cm³/mol. The smallest absolute Gasteiger partial charge is 0.230 e. The van der Waals surface area contributed by atoms with Gasteiger partial charge in [0, 0.05) is 24.5 Å². The molecule has 0 radical (unpaired) electrons. The molecule has 3 nitrogen and oxygen atoms in total. The molecule has 0 bridgehead atoms. The molecule has 4 heteroatoms. The van der Waals surface area contributed by atoms with E-state index >= 15 is 0 Å². The maximum atomic E-state index is 12.3. The number of rotatable bonds is 5. The van der Waals surface area contributed by atoms with Gasteiger partial charge in [0.1, 0.15) is 0 Å². The second-order valence-electron chi connectivity index (χ2n) is 4.88. The molecule has 0 aliphatic heterocycles. The molecule has 1 heterocycles. The van der Waals surface area contributed by atoms with Crippen molar-refractivity contribution < 1.29 is 4.79 Å². The Balaban J connectivity index is 1.59. The molecule has 0 spiro atoms. The number of thiazole rings is 1. The molecule has 98 valence electrons. The molecule has 1 aromatic carbocycles. The van der Waals surface area contributed by atoms with Crippen LogP contribution in [-0.2, 0) is 16.6 Å². The van der Waals surface area contributed by atoms with Crippen molar-refractivity contribution in [1.29, 1.82) is 0 Å². The fraction of sp³-hybridized carbons (Fsp3) is 0.333. The van der Waals surface area contributed by atoms with Gasteiger partial charge in [0.15, 0.2) is 0 Å². The summed E-state index contributed by atoms with van der Waals surface area (Å²) < 4.78 is 0. The molecular formula is C15H16N2OS. The standard InChI is InChI=1S/C15H16N2OS/c18-14(17-9-6-13-16-10-11-19-13)15(7-8-15)12-4-2-1-3-5-12/h1-5,10-11H,6-9H2,(H,17,18). The lowest BCUT2D eigenvalue weighted by atomic mass is 9.95. The van der Waals surface area contributed by atoms with E-state index in [0.717, 1.165) is 29.8 Å². The van der Waals surface area contributed by atoms with Gasteiger partial charge in [-0.3, -0.25) is 4.79 Å². The van der Waals surface area contributed by atoms with Gasteiger partial charge in [-0.05, 0) is 18.4 Å². The first-order valence-electron chi connectivity index (χ1n) is 6.53. The molecule has 1 aliphatic rings. The van der Waals surface area contributed by atoms with Gasteiger partial charge in [-0.1, -0.05) is 30.3 Å². The van der Waals surface area contributed by atoms with Crippen LogP contribution >= 0.6 is 11.3 Å². The Morgan fingerprint density at radius 3 is 2.74 bits per heavy atom. The Morgan fingerprint density at radius 1 is 1.32 bits per heavy atom. The fourth-order valence-corrected chi connectivity index (χ4v) is 2.98. The zero-order chi connectivity index (χ0) is 13.1. The highest BCUT2D eigenvalue weighted by molar-refractivity contribution is 7.09. The second-order valence-corrected chi connectivity index (χ2v) is 5.86. The largest absolute Gasteiger partial charge is 0.355 e. The molecule has 0 atom stereocenters. The molecule has 1 N–H and O–H groups in total. The number of carbonyl (C=O) groups is 1. The highest BCUT2D eigenvalue weighted by Crippen LogP contribution is 2.48. The molecule has 1 aliphatic carbocycles. The summed E-state index contributed by atoms with van der Waals surface area (Å²) in [5.74, 6) is 0.162. The van der Waals surface area contributed by atoms with E-state index in [2.05, 4.69) is 10.3 Å². The van der Waals surface area contributed by atoms with E-state index in [4.69, 9.17) is 0 Å². The number of benzene rings is 1. The molecule has 1 aromatic heterocycles. The van der Waals surface area contributed by atoms with Crippen LogP contribution in [0.5, 0.6) is 0 Å². The fourth-order valence-electron chi connectivity index (χ4n) is 2.36. The van der Waals surface area contributed by atoms with E-state index in [1.54, 1.807) is 17.5 Å². The van der Waals surface area contributed by atoms with Crippen molar-refractivity contribution in [1.82, 2.24) is 10.3 Å². The van der Waals surface area contributed by atoms with Crippen molar-refractivity contribution in [2.45, 2.75) is 24.7 Å².